The van der Waals surface area contributed by atoms with Gasteiger partial charge in [-0.1, -0.05) is 28.1 Å². The molecule has 0 radical (unpaired) electrons. The highest BCUT2D eigenvalue weighted by molar-refractivity contribution is 9.10. The molecule has 17 heavy (non-hydrogen) atoms. The number of benzene rings is 1. The first-order valence-corrected chi connectivity index (χ1v) is 6.88. The molecule has 0 saturated carbocycles. The maximum absolute atomic E-state index is 5.87. The maximum atomic E-state index is 5.87. The van der Waals surface area contributed by atoms with Crippen LogP contribution >= 0.6 is 15.9 Å². The summed E-state index contributed by atoms with van der Waals surface area (Å²) in [4.78, 5) is 2.49. The molecule has 2 nitrogen and oxygen atoms in total. The lowest BCUT2D eigenvalue weighted by Crippen LogP contribution is -2.48. The van der Waals surface area contributed by atoms with E-state index in [2.05, 4.69) is 65.9 Å². The van der Waals surface area contributed by atoms with E-state index in [1.54, 1.807) is 0 Å². The minimum atomic E-state index is 0.205. The lowest BCUT2D eigenvalue weighted by molar-refractivity contribution is -0.0596. The average Bonchev–Trinajstić information content (AvgIpc) is 2.29. The molecule has 0 aromatic heterocycles. The highest BCUT2D eigenvalue weighted by Gasteiger charge is 2.28. The van der Waals surface area contributed by atoms with Crippen LogP contribution in [-0.4, -0.2) is 30.1 Å². The van der Waals surface area contributed by atoms with E-state index in [0.717, 1.165) is 24.2 Å². The summed E-state index contributed by atoms with van der Waals surface area (Å²) in [6.45, 7) is 9.60. The van der Waals surface area contributed by atoms with Crippen molar-refractivity contribution in [1.82, 2.24) is 4.90 Å². The third-order valence-corrected chi connectivity index (χ3v) is 3.79. The van der Waals surface area contributed by atoms with Gasteiger partial charge in [0.2, 0.25) is 0 Å². The number of halogens is 1. The van der Waals surface area contributed by atoms with E-state index in [-0.39, 0.29) is 11.6 Å². The summed E-state index contributed by atoms with van der Waals surface area (Å²) in [7, 11) is 0. The van der Waals surface area contributed by atoms with Crippen molar-refractivity contribution in [3.63, 3.8) is 0 Å². The molecule has 0 aliphatic carbocycles. The van der Waals surface area contributed by atoms with Crippen LogP contribution < -0.4 is 0 Å². The zero-order valence-electron chi connectivity index (χ0n) is 10.7. The van der Waals surface area contributed by atoms with Crippen LogP contribution in [0.15, 0.2) is 28.7 Å². The summed E-state index contributed by atoms with van der Waals surface area (Å²) < 4.78 is 6.99. The van der Waals surface area contributed by atoms with Gasteiger partial charge in [0.15, 0.2) is 0 Å². The van der Waals surface area contributed by atoms with E-state index in [0.29, 0.717) is 0 Å². The van der Waals surface area contributed by atoms with Crippen LogP contribution in [-0.2, 0) is 4.74 Å². The number of ether oxygens (including phenoxy) is 1. The molecule has 1 aliphatic rings. The summed E-state index contributed by atoms with van der Waals surface area (Å²) in [6.07, 6.45) is 0.205. The van der Waals surface area contributed by atoms with Crippen molar-refractivity contribution < 1.29 is 4.74 Å². The van der Waals surface area contributed by atoms with E-state index >= 15 is 0 Å². The Morgan fingerprint density at radius 2 is 1.88 bits per heavy atom. The van der Waals surface area contributed by atoms with Crippen molar-refractivity contribution >= 4 is 15.9 Å². The quantitative estimate of drug-likeness (QED) is 0.785. The molecule has 0 amide bonds. The summed E-state index contributed by atoms with van der Waals surface area (Å²) in [5.74, 6) is 0. The third kappa shape index (κ3) is 3.30. The van der Waals surface area contributed by atoms with Crippen LogP contribution in [0, 0.1) is 0 Å². The second-order valence-corrected chi connectivity index (χ2v) is 6.44. The van der Waals surface area contributed by atoms with Crippen molar-refractivity contribution in [2.24, 2.45) is 0 Å². The molecule has 1 atom stereocenters. The van der Waals surface area contributed by atoms with Crippen molar-refractivity contribution in [2.45, 2.75) is 32.4 Å². The predicted octanol–water partition coefficient (Wildman–Crippen LogP) is 3.62. The smallest absolute Gasteiger partial charge is 0.0952 e. The maximum Gasteiger partial charge on any atom is 0.0952 e. The molecule has 2 rings (SSSR count). The first-order valence-electron chi connectivity index (χ1n) is 6.09. The second kappa shape index (κ2) is 5.09. The molecule has 1 aliphatic heterocycles. The average molecular weight is 298 g/mol. The van der Waals surface area contributed by atoms with Crippen molar-refractivity contribution in [3.05, 3.63) is 34.3 Å². The Bertz CT molecular complexity index is 369. The van der Waals surface area contributed by atoms with Gasteiger partial charge < -0.3 is 4.74 Å². The van der Waals surface area contributed by atoms with Gasteiger partial charge in [-0.15, -0.1) is 0 Å². The number of rotatable bonds is 1. The Morgan fingerprint density at radius 3 is 2.47 bits per heavy atom. The lowest BCUT2D eigenvalue weighted by atomic mass is 10.0. The summed E-state index contributed by atoms with van der Waals surface area (Å²) >= 11 is 3.46. The van der Waals surface area contributed by atoms with Crippen molar-refractivity contribution in [1.29, 1.82) is 0 Å². The highest BCUT2D eigenvalue weighted by Crippen LogP contribution is 2.27. The molecule has 1 aromatic carbocycles. The molecular formula is C14H20BrNO. The van der Waals surface area contributed by atoms with Crippen molar-refractivity contribution in [3.8, 4) is 0 Å². The first-order chi connectivity index (χ1) is 7.97. The van der Waals surface area contributed by atoms with E-state index in [4.69, 9.17) is 4.74 Å². The third-order valence-electron chi connectivity index (χ3n) is 3.26. The molecule has 0 spiro atoms. The Hall–Kier alpha value is -0.380. The zero-order chi connectivity index (χ0) is 12.5. The molecule has 1 aromatic rings. The van der Waals surface area contributed by atoms with Crippen LogP contribution in [0.5, 0.6) is 0 Å². The van der Waals surface area contributed by atoms with E-state index in [1.807, 2.05) is 0 Å². The number of morpholine rings is 1. The zero-order valence-corrected chi connectivity index (χ0v) is 12.3. The topological polar surface area (TPSA) is 12.5 Å². The fourth-order valence-corrected chi connectivity index (χ4v) is 2.40. The molecule has 0 unspecified atom stereocenters. The molecule has 1 fully saturated rings. The number of hydrogen-bond acceptors (Lipinski definition) is 2. The summed E-state index contributed by atoms with van der Waals surface area (Å²) in [5.41, 5.74) is 1.49. The lowest BCUT2D eigenvalue weighted by Gasteiger charge is -2.41. The van der Waals surface area contributed by atoms with E-state index < -0.39 is 0 Å². The van der Waals surface area contributed by atoms with Gasteiger partial charge in [0.1, 0.15) is 0 Å². The molecular weight excluding hydrogens is 278 g/mol. The second-order valence-electron chi connectivity index (χ2n) is 5.53. The normalized spacial score (nSPS) is 22.7. The summed E-state index contributed by atoms with van der Waals surface area (Å²) in [5, 5.41) is 0. The molecule has 1 heterocycles. The van der Waals surface area contributed by atoms with Gasteiger partial charge in [-0.3, -0.25) is 4.90 Å². The van der Waals surface area contributed by atoms with Gasteiger partial charge in [-0.05, 0) is 38.5 Å². The number of hydrogen-bond donors (Lipinski definition) is 0. The van der Waals surface area contributed by atoms with Crippen LogP contribution in [0.3, 0.4) is 0 Å². The molecule has 1 saturated heterocycles. The Balaban J connectivity index is 2.09. The van der Waals surface area contributed by atoms with E-state index in [9.17, 15) is 0 Å². The van der Waals surface area contributed by atoms with Crippen LogP contribution in [0.4, 0.5) is 0 Å². The predicted molar refractivity (Wildman–Crippen MR) is 74.2 cm³/mol. The fraction of sp³-hybridized carbons (Fsp3) is 0.571. The standard InChI is InChI=1S/C14H20BrNO/c1-14(2,3)16-8-9-17-13(10-16)11-4-6-12(15)7-5-11/h4-7,13H,8-10H2,1-3H3/t13-/m1/s1. The van der Waals surface area contributed by atoms with Crippen molar-refractivity contribution in [2.75, 3.05) is 19.7 Å². The molecule has 0 N–H and O–H groups in total. The Labute approximate surface area is 112 Å². The Morgan fingerprint density at radius 1 is 1.24 bits per heavy atom. The van der Waals surface area contributed by atoms with Crippen LogP contribution in [0.1, 0.15) is 32.4 Å². The SMILES string of the molecule is CC(C)(C)N1CCO[C@@H](c2ccc(Br)cc2)C1. The largest absolute Gasteiger partial charge is 0.371 e. The monoisotopic (exact) mass is 297 g/mol. The minimum absolute atomic E-state index is 0.205. The minimum Gasteiger partial charge on any atom is -0.371 e. The molecule has 0 bridgehead atoms. The van der Waals surface area contributed by atoms with Gasteiger partial charge in [-0.2, -0.15) is 0 Å². The van der Waals surface area contributed by atoms with Crippen LogP contribution in [0.25, 0.3) is 0 Å². The summed E-state index contributed by atoms with van der Waals surface area (Å²) in [6, 6.07) is 8.44. The highest BCUT2D eigenvalue weighted by atomic mass is 79.9. The molecule has 3 heteroatoms. The number of nitrogens with zero attached hydrogens (tertiary/aromatic N) is 1. The van der Waals surface area contributed by atoms with Gasteiger partial charge in [0.05, 0.1) is 12.7 Å². The molecule has 94 valence electrons. The van der Waals surface area contributed by atoms with Gasteiger partial charge >= 0.3 is 0 Å². The first kappa shape index (κ1) is 13.1. The van der Waals surface area contributed by atoms with Crippen LogP contribution in [0.2, 0.25) is 0 Å². The fourth-order valence-electron chi connectivity index (χ4n) is 2.14. The van der Waals surface area contributed by atoms with Gasteiger partial charge in [0, 0.05) is 23.1 Å². The van der Waals surface area contributed by atoms with E-state index in [1.165, 1.54) is 5.56 Å². The Kier molecular flexibility index (Phi) is 3.91. The van der Waals surface area contributed by atoms with Gasteiger partial charge in [-0.25, -0.2) is 0 Å². The van der Waals surface area contributed by atoms with Gasteiger partial charge in [0.25, 0.3) is 0 Å².